The number of rotatable bonds is 8. The molecule has 0 aliphatic carbocycles. The average molecular weight is 492 g/mol. The van der Waals surface area contributed by atoms with Crippen LogP contribution in [-0.2, 0) is 27.1 Å². The topological polar surface area (TPSA) is 92.3 Å². The SMILES string of the molecule is COC(=O)[C@H](Cc1ccccc1)NC(=O)O[C@@H]1Cc2cc(OC)ccc2O[C@H]1c1cccc(OC)c1. The van der Waals surface area contributed by atoms with Crippen LogP contribution in [0.5, 0.6) is 17.2 Å². The number of nitrogens with one attached hydrogen (secondary N) is 1. The van der Waals surface area contributed by atoms with Gasteiger partial charge in [-0.25, -0.2) is 9.59 Å². The fourth-order valence-electron chi connectivity index (χ4n) is 4.20. The number of esters is 1. The van der Waals surface area contributed by atoms with Crippen LogP contribution in [0.2, 0.25) is 0 Å². The molecule has 4 rings (SSSR count). The van der Waals surface area contributed by atoms with Crippen LogP contribution in [0.15, 0.2) is 72.8 Å². The van der Waals surface area contributed by atoms with E-state index in [0.717, 1.165) is 16.7 Å². The zero-order valence-electron chi connectivity index (χ0n) is 20.4. The highest BCUT2D eigenvalue weighted by molar-refractivity contribution is 5.81. The van der Waals surface area contributed by atoms with Crippen molar-refractivity contribution in [3.63, 3.8) is 0 Å². The first-order chi connectivity index (χ1) is 17.5. The largest absolute Gasteiger partial charge is 0.497 e. The van der Waals surface area contributed by atoms with Gasteiger partial charge in [0.2, 0.25) is 0 Å². The van der Waals surface area contributed by atoms with Gasteiger partial charge in [-0.2, -0.15) is 0 Å². The van der Waals surface area contributed by atoms with Gasteiger partial charge >= 0.3 is 12.1 Å². The van der Waals surface area contributed by atoms with E-state index in [9.17, 15) is 9.59 Å². The van der Waals surface area contributed by atoms with E-state index in [2.05, 4.69) is 5.32 Å². The molecule has 3 atom stereocenters. The number of benzene rings is 3. The summed E-state index contributed by atoms with van der Waals surface area (Å²) in [5, 5.41) is 2.66. The van der Waals surface area contributed by atoms with Gasteiger partial charge in [0.05, 0.1) is 21.3 Å². The molecule has 0 spiro atoms. The molecular weight excluding hydrogens is 462 g/mol. The van der Waals surface area contributed by atoms with Gasteiger partial charge in [-0.1, -0.05) is 42.5 Å². The summed E-state index contributed by atoms with van der Waals surface area (Å²) in [6, 6.07) is 21.4. The van der Waals surface area contributed by atoms with E-state index in [1.54, 1.807) is 14.2 Å². The lowest BCUT2D eigenvalue weighted by molar-refractivity contribution is -0.143. The van der Waals surface area contributed by atoms with Crippen molar-refractivity contribution in [2.75, 3.05) is 21.3 Å². The Kier molecular flexibility index (Phi) is 7.95. The van der Waals surface area contributed by atoms with E-state index < -0.39 is 30.3 Å². The third-order valence-electron chi connectivity index (χ3n) is 6.02. The van der Waals surface area contributed by atoms with Crippen LogP contribution in [0, 0.1) is 0 Å². The number of carbonyl (C=O) groups is 2. The molecule has 0 fully saturated rings. The molecule has 36 heavy (non-hydrogen) atoms. The fraction of sp³-hybridized carbons (Fsp3) is 0.286. The van der Waals surface area contributed by atoms with E-state index in [0.29, 0.717) is 23.7 Å². The second-order valence-electron chi connectivity index (χ2n) is 8.35. The predicted molar refractivity (Wildman–Crippen MR) is 132 cm³/mol. The maximum Gasteiger partial charge on any atom is 0.408 e. The lowest BCUT2D eigenvalue weighted by Gasteiger charge is -2.34. The Labute approximate surface area is 210 Å². The van der Waals surface area contributed by atoms with Gasteiger partial charge in [-0.15, -0.1) is 0 Å². The number of hydrogen-bond donors (Lipinski definition) is 1. The van der Waals surface area contributed by atoms with E-state index >= 15 is 0 Å². The number of fused-ring (bicyclic) bond motifs is 1. The van der Waals surface area contributed by atoms with Gasteiger partial charge in [0.1, 0.15) is 29.4 Å². The van der Waals surface area contributed by atoms with Crippen molar-refractivity contribution in [3.8, 4) is 17.2 Å². The number of ether oxygens (including phenoxy) is 5. The summed E-state index contributed by atoms with van der Waals surface area (Å²) in [5.41, 5.74) is 2.52. The smallest absolute Gasteiger partial charge is 0.408 e. The minimum absolute atomic E-state index is 0.267. The average Bonchev–Trinajstić information content (AvgIpc) is 2.92. The second kappa shape index (κ2) is 11.5. The van der Waals surface area contributed by atoms with Crippen molar-refractivity contribution >= 4 is 12.1 Å². The molecule has 8 nitrogen and oxygen atoms in total. The van der Waals surface area contributed by atoms with E-state index in [1.165, 1.54) is 7.11 Å². The number of alkyl carbamates (subject to hydrolysis) is 1. The molecule has 0 saturated heterocycles. The van der Waals surface area contributed by atoms with Gasteiger partial charge in [0.25, 0.3) is 0 Å². The maximum atomic E-state index is 13.0. The lowest BCUT2D eigenvalue weighted by Crippen LogP contribution is -2.46. The molecular formula is C28H29NO7. The molecule has 0 bridgehead atoms. The van der Waals surface area contributed by atoms with Crippen molar-refractivity contribution in [1.29, 1.82) is 0 Å². The molecule has 1 heterocycles. The highest BCUT2D eigenvalue weighted by Crippen LogP contribution is 2.39. The van der Waals surface area contributed by atoms with Crippen LogP contribution in [0.25, 0.3) is 0 Å². The molecule has 8 heteroatoms. The zero-order valence-corrected chi connectivity index (χ0v) is 20.4. The van der Waals surface area contributed by atoms with E-state index in [4.69, 9.17) is 23.7 Å². The van der Waals surface area contributed by atoms with Gasteiger partial charge in [-0.3, -0.25) is 0 Å². The number of methoxy groups -OCH3 is 3. The molecule has 0 saturated carbocycles. The minimum atomic E-state index is -0.906. The summed E-state index contributed by atoms with van der Waals surface area (Å²) >= 11 is 0. The first kappa shape index (κ1) is 24.9. The Hall–Kier alpha value is -4.20. The van der Waals surface area contributed by atoms with Crippen molar-refractivity contribution in [1.82, 2.24) is 5.32 Å². The summed E-state index contributed by atoms with van der Waals surface area (Å²) in [4.78, 5) is 25.4. The maximum absolute atomic E-state index is 13.0. The van der Waals surface area contributed by atoms with Gasteiger partial charge in [-0.05, 0) is 41.5 Å². The molecule has 0 radical (unpaired) electrons. The standard InChI is InChI=1S/C28H29NO7/c1-32-21-11-7-10-19(15-21)26-25(17-20-16-22(33-2)12-13-24(20)35-26)36-28(31)29-23(27(30)34-3)14-18-8-5-4-6-9-18/h4-13,15-16,23,25-26H,14,17H2,1-3H3,(H,29,31)/t23-,25+,26-/m0/s1. The fourth-order valence-corrected chi connectivity index (χ4v) is 4.20. The molecule has 3 aromatic carbocycles. The van der Waals surface area contributed by atoms with E-state index in [1.807, 2.05) is 72.8 Å². The zero-order chi connectivity index (χ0) is 25.5. The minimum Gasteiger partial charge on any atom is -0.497 e. The summed E-state index contributed by atoms with van der Waals surface area (Å²) in [6.07, 6.45) is -1.34. The first-order valence-corrected chi connectivity index (χ1v) is 11.6. The van der Waals surface area contributed by atoms with Crippen LogP contribution >= 0.6 is 0 Å². The molecule has 1 amide bonds. The number of amides is 1. The monoisotopic (exact) mass is 491 g/mol. The van der Waals surface area contributed by atoms with Gasteiger partial charge in [0.15, 0.2) is 6.10 Å². The van der Waals surface area contributed by atoms with Crippen LogP contribution in [0.4, 0.5) is 4.79 Å². The van der Waals surface area contributed by atoms with Crippen molar-refractivity contribution in [3.05, 3.63) is 89.5 Å². The summed E-state index contributed by atoms with van der Waals surface area (Å²) in [7, 11) is 4.46. The predicted octanol–water partition coefficient (Wildman–Crippen LogP) is 4.26. The van der Waals surface area contributed by atoms with Gasteiger partial charge < -0.3 is 29.0 Å². The number of hydrogen-bond acceptors (Lipinski definition) is 7. The molecule has 1 aliphatic rings. The Morgan fingerprint density at radius 2 is 1.69 bits per heavy atom. The Morgan fingerprint density at radius 1 is 0.944 bits per heavy atom. The normalized spacial score (nSPS) is 17.1. The van der Waals surface area contributed by atoms with Gasteiger partial charge in [0, 0.05) is 18.4 Å². The van der Waals surface area contributed by atoms with Crippen molar-refractivity contribution in [2.45, 2.75) is 31.1 Å². The molecule has 3 aromatic rings. The van der Waals surface area contributed by atoms with Crippen molar-refractivity contribution in [2.24, 2.45) is 0 Å². The molecule has 1 N–H and O–H groups in total. The number of carbonyl (C=O) groups excluding carboxylic acids is 2. The molecule has 1 aliphatic heterocycles. The third-order valence-corrected chi connectivity index (χ3v) is 6.02. The summed E-state index contributed by atoms with van der Waals surface area (Å²) in [5.74, 6) is 1.46. The highest BCUT2D eigenvalue weighted by atomic mass is 16.6. The van der Waals surface area contributed by atoms with Crippen LogP contribution < -0.4 is 19.5 Å². The van der Waals surface area contributed by atoms with Crippen LogP contribution in [0.3, 0.4) is 0 Å². The van der Waals surface area contributed by atoms with Crippen LogP contribution in [-0.4, -0.2) is 45.5 Å². The Balaban J connectivity index is 1.56. The third kappa shape index (κ3) is 5.89. The highest BCUT2D eigenvalue weighted by Gasteiger charge is 2.36. The summed E-state index contributed by atoms with van der Waals surface area (Å²) in [6.45, 7) is 0. The quantitative estimate of drug-likeness (QED) is 0.471. The Bertz CT molecular complexity index is 1200. The first-order valence-electron chi connectivity index (χ1n) is 11.6. The summed E-state index contributed by atoms with van der Waals surface area (Å²) < 4.78 is 27.8. The Morgan fingerprint density at radius 3 is 2.42 bits per heavy atom. The van der Waals surface area contributed by atoms with Crippen molar-refractivity contribution < 1.29 is 33.3 Å². The van der Waals surface area contributed by atoms with E-state index in [-0.39, 0.29) is 6.42 Å². The molecule has 0 unspecified atom stereocenters. The van der Waals surface area contributed by atoms with Crippen LogP contribution in [0.1, 0.15) is 22.8 Å². The molecule has 188 valence electrons. The second-order valence-corrected chi connectivity index (χ2v) is 8.35. The lowest BCUT2D eigenvalue weighted by atomic mass is 9.94. The molecule has 0 aromatic heterocycles.